The van der Waals surface area contributed by atoms with E-state index < -0.39 is 113 Å². The molecule has 2 aromatic carbocycles. The SMILES string of the molecule is CC(=O)O[C@@]12CO[C@@H]1C[C@H](O)[C@@]1(C)C(=O)[C@H](O)C3=C(C)[C@@H](OC(=O)[C@H](O)[C@@H](NC(=O)CCCC(=O)O)c4ccccc4)C[C@](O)([C@@H](OC(=O)c4ccccc4)[C@H]21)C3(C)C. The van der Waals surface area contributed by atoms with Gasteiger partial charge in [0.1, 0.15) is 30.0 Å². The average Bonchev–Trinajstić information content (AvgIpc) is 3.18. The molecule has 16 heteroatoms. The minimum absolute atomic E-state index is 0.00777. The number of Topliss-reactive ketones (excluding diaryl/α,β-unsaturated/α-hetero) is 1. The molecule has 59 heavy (non-hydrogen) atoms. The Kier molecular flexibility index (Phi) is 12.0. The van der Waals surface area contributed by atoms with Crippen LogP contribution < -0.4 is 5.32 Å². The molecule has 6 rings (SSSR count). The molecule has 1 aliphatic heterocycles. The number of esters is 3. The highest BCUT2D eigenvalue weighted by Crippen LogP contribution is 2.64. The highest BCUT2D eigenvalue weighted by atomic mass is 16.6. The van der Waals surface area contributed by atoms with Crippen LogP contribution in [0.2, 0.25) is 0 Å². The summed E-state index contributed by atoms with van der Waals surface area (Å²) in [7, 11) is 0. The quantitative estimate of drug-likeness (QED) is 0.102. The number of rotatable bonds is 12. The van der Waals surface area contributed by atoms with E-state index >= 15 is 0 Å². The van der Waals surface area contributed by atoms with Crippen LogP contribution >= 0.6 is 0 Å². The normalized spacial score (nSPS) is 33.0. The zero-order valence-corrected chi connectivity index (χ0v) is 33.5. The Hall–Kier alpha value is -5.00. The number of hydrogen-bond acceptors (Lipinski definition) is 14. The number of aliphatic hydroxyl groups is 4. The van der Waals surface area contributed by atoms with Gasteiger partial charge in [0, 0.05) is 38.0 Å². The lowest BCUT2D eigenvalue weighted by molar-refractivity contribution is -0.346. The van der Waals surface area contributed by atoms with Crippen molar-refractivity contribution in [2.75, 3.05) is 6.61 Å². The van der Waals surface area contributed by atoms with Crippen LogP contribution in [0.25, 0.3) is 0 Å². The van der Waals surface area contributed by atoms with Gasteiger partial charge in [-0.2, -0.15) is 0 Å². The number of carbonyl (C=O) groups is 6. The first-order valence-electron chi connectivity index (χ1n) is 19.6. The van der Waals surface area contributed by atoms with Crippen molar-refractivity contribution in [3.63, 3.8) is 0 Å². The summed E-state index contributed by atoms with van der Waals surface area (Å²) in [6.45, 7) is 6.74. The van der Waals surface area contributed by atoms with Crippen LogP contribution in [0, 0.1) is 16.7 Å². The lowest BCUT2D eigenvalue weighted by Gasteiger charge is -2.67. The Morgan fingerprint density at radius 1 is 0.949 bits per heavy atom. The Labute approximate surface area is 340 Å². The second kappa shape index (κ2) is 16.2. The Bertz CT molecular complexity index is 2020. The van der Waals surface area contributed by atoms with E-state index in [1.807, 2.05) is 0 Å². The van der Waals surface area contributed by atoms with E-state index in [0.29, 0.717) is 5.56 Å². The number of benzene rings is 2. The number of ether oxygens (including phenoxy) is 4. The van der Waals surface area contributed by atoms with Crippen LogP contribution in [0.5, 0.6) is 0 Å². The van der Waals surface area contributed by atoms with Crippen LogP contribution in [0.1, 0.15) is 88.7 Å². The van der Waals surface area contributed by atoms with Crippen molar-refractivity contribution in [2.45, 2.75) is 121 Å². The number of carboxylic acids is 1. The van der Waals surface area contributed by atoms with Gasteiger partial charge in [0.15, 0.2) is 17.5 Å². The fourth-order valence-electron chi connectivity index (χ4n) is 9.77. The second-order valence-corrected chi connectivity index (χ2v) is 16.7. The maximum Gasteiger partial charge on any atom is 0.338 e. The molecule has 1 saturated heterocycles. The summed E-state index contributed by atoms with van der Waals surface area (Å²) in [5.74, 6) is -7.22. The molecule has 2 aromatic rings. The van der Waals surface area contributed by atoms with E-state index in [2.05, 4.69) is 5.32 Å². The number of fused-ring (bicyclic) bond motifs is 5. The lowest BCUT2D eigenvalue weighted by atomic mass is 9.44. The predicted molar refractivity (Wildman–Crippen MR) is 204 cm³/mol. The third-order valence-corrected chi connectivity index (χ3v) is 13.0. The summed E-state index contributed by atoms with van der Waals surface area (Å²) in [6, 6.07) is 14.4. The first-order valence-corrected chi connectivity index (χ1v) is 19.6. The lowest BCUT2D eigenvalue weighted by Crippen LogP contribution is -2.81. The van der Waals surface area contributed by atoms with Crippen LogP contribution in [-0.2, 0) is 42.9 Å². The van der Waals surface area contributed by atoms with Crippen LogP contribution in [0.15, 0.2) is 71.8 Å². The molecule has 3 fully saturated rings. The van der Waals surface area contributed by atoms with Gasteiger partial charge in [0.05, 0.1) is 35.6 Å². The Balaban J connectivity index is 1.46. The molecule has 0 spiro atoms. The summed E-state index contributed by atoms with van der Waals surface area (Å²) >= 11 is 0. The molecule has 2 bridgehead atoms. The minimum Gasteiger partial charge on any atom is -0.481 e. The molecule has 2 saturated carbocycles. The molecular weight excluding hydrogens is 770 g/mol. The number of amides is 1. The molecule has 11 atom stereocenters. The fraction of sp³-hybridized carbons (Fsp3) is 0.535. The van der Waals surface area contributed by atoms with E-state index in [0.717, 1.165) is 6.92 Å². The average molecular weight is 822 g/mol. The molecule has 4 aliphatic rings. The zero-order valence-electron chi connectivity index (χ0n) is 33.5. The molecule has 0 aromatic heterocycles. The topological polar surface area (TPSA) is 253 Å². The van der Waals surface area contributed by atoms with E-state index in [9.17, 15) is 49.2 Å². The standard InChI is InChI=1S/C43H51NO15/c1-22-26(57-39(54)34(51)32(24-13-8-6-9-14-24)44-29(47)17-12-18-30(48)49)20-43(55)37(58-38(53)25-15-10-7-11-16-25)35-41(5,36(52)33(50)31(22)40(43,3)4)27(46)19-28-42(35,21-56-28)59-23(2)45/h6-11,13-16,26-28,32-35,37,46,50-51,55H,12,17-21H2,1-5H3,(H,44,47)(H,48,49)/t26-,27-,28+,32-,33+,34+,35-,37-,41+,42-,43-/m0/s1. The summed E-state index contributed by atoms with van der Waals surface area (Å²) in [5.41, 5.74) is -7.39. The fourth-order valence-corrected chi connectivity index (χ4v) is 9.77. The van der Waals surface area contributed by atoms with Gasteiger partial charge in [0.25, 0.3) is 0 Å². The van der Waals surface area contributed by atoms with Gasteiger partial charge in [-0.15, -0.1) is 0 Å². The van der Waals surface area contributed by atoms with Crippen molar-refractivity contribution in [3.05, 3.63) is 82.9 Å². The zero-order chi connectivity index (χ0) is 43.2. The second-order valence-electron chi connectivity index (χ2n) is 16.7. The number of ketones is 1. The van der Waals surface area contributed by atoms with Crippen molar-refractivity contribution in [1.82, 2.24) is 5.32 Å². The number of aliphatic carboxylic acids is 1. The van der Waals surface area contributed by atoms with Crippen molar-refractivity contribution < 1.29 is 73.2 Å². The molecule has 0 unspecified atom stereocenters. The summed E-state index contributed by atoms with van der Waals surface area (Å²) < 4.78 is 24.0. The predicted octanol–water partition coefficient (Wildman–Crippen LogP) is 2.11. The van der Waals surface area contributed by atoms with Gasteiger partial charge < -0.3 is 49.8 Å². The van der Waals surface area contributed by atoms with Crippen molar-refractivity contribution in [3.8, 4) is 0 Å². The molecule has 16 nitrogen and oxygen atoms in total. The molecule has 3 aliphatic carbocycles. The Morgan fingerprint density at radius 2 is 1.58 bits per heavy atom. The van der Waals surface area contributed by atoms with Gasteiger partial charge in [-0.1, -0.05) is 62.4 Å². The first kappa shape index (κ1) is 43.6. The van der Waals surface area contributed by atoms with E-state index in [1.165, 1.54) is 39.8 Å². The maximum absolute atomic E-state index is 14.9. The highest BCUT2D eigenvalue weighted by molar-refractivity contribution is 5.94. The largest absolute Gasteiger partial charge is 0.481 e. The smallest absolute Gasteiger partial charge is 0.338 e. The number of hydrogen-bond donors (Lipinski definition) is 6. The van der Waals surface area contributed by atoms with Crippen LogP contribution in [-0.4, -0.2) is 116 Å². The molecule has 6 N–H and O–H groups in total. The molecular formula is C43H51NO15. The van der Waals surface area contributed by atoms with Gasteiger partial charge >= 0.3 is 23.9 Å². The number of aliphatic hydroxyl groups excluding tert-OH is 3. The Morgan fingerprint density at radius 3 is 2.15 bits per heavy atom. The third kappa shape index (κ3) is 7.45. The van der Waals surface area contributed by atoms with Crippen molar-refractivity contribution >= 4 is 35.6 Å². The van der Waals surface area contributed by atoms with Gasteiger partial charge in [0.2, 0.25) is 5.91 Å². The van der Waals surface area contributed by atoms with Crippen molar-refractivity contribution in [1.29, 1.82) is 0 Å². The van der Waals surface area contributed by atoms with Crippen LogP contribution in [0.4, 0.5) is 0 Å². The first-order chi connectivity index (χ1) is 27.7. The highest BCUT2D eigenvalue weighted by Gasteiger charge is 2.78. The van der Waals surface area contributed by atoms with Crippen LogP contribution in [0.3, 0.4) is 0 Å². The molecule has 1 heterocycles. The van der Waals surface area contributed by atoms with E-state index in [4.69, 9.17) is 24.1 Å². The number of nitrogens with one attached hydrogen (secondary N) is 1. The minimum atomic E-state index is -2.38. The van der Waals surface area contributed by atoms with Gasteiger partial charge in [-0.05, 0) is 49.1 Å². The summed E-state index contributed by atoms with van der Waals surface area (Å²) in [5, 5.41) is 60.6. The third-order valence-electron chi connectivity index (χ3n) is 13.0. The molecule has 0 radical (unpaired) electrons. The van der Waals surface area contributed by atoms with E-state index in [-0.39, 0.29) is 49.0 Å². The summed E-state index contributed by atoms with van der Waals surface area (Å²) in [4.78, 5) is 79.9. The number of carbonyl (C=O) groups excluding carboxylic acids is 5. The van der Waals surface area contributed by atoms with Gasteiger partial charge in [-0.25, -0.2) is 9.59 Å². The molecule has 318 valence electrons. The molecule has 1 amide bonds. The van der Waals surface area contributed by atoms with E-state index in [1.54, 1.807) is 48.5 Å². The van der Waals surface area contributed by atoms with Crippen molar-refractivity contribution in [2.24, 2.45) is 16.7 Å². The monoisotopic (exact) mass is 821 g/mol. The van der Waals surface area contributed by atoms with Gasteiger partial charge in [-0.3, -0.25) is 19.2 Å². The maximum atomic E-state index is 14.9. The number of carboxylic acid groups (broad SMARTS) is 1. The summed E-state index contributed by atoms with van der Waals surface area (Å²) in [6.07, 6.45) is -11.2.